The van der Waals surface area contributed by atoms with E-state index in [1.165, 1.54) is 0 Å². The summed E-state index contributed by atoms with van der Waals surface area (Å²) in [6.07, 6.45) is 2.92. The molecule has 1 spiro atoms. The first-order chi connectivity index (χ1) is 8.28. The molecule has 0 aromatic carbocycles. The number of alkyl carbamates (subject to hydrolysis) is 1. The molecule has 0 heterocycles. The number of Topliss-reactive ketones (excluding diaryl/α,β-unsaturated/α-hetero) is 1. The van der Waals surface area contributed by atoms with Crippen LogP contribution in [0.3, 0.4) is 0 Å². The van der Waals surface area contributed by atoms with Crippen LogP contribution in [0.4, 0.5) is 4.79 Å². The van der Waals surface area contributed by atoms with E-state index in [-0.39, 0.29) is 17.6 Å². The molecule has 0 atom stereocenters. The Hall–Kier alpha value is -1.06. The molecular formula is C14H25NO3. The van der Waals surface area contributed by atoms with E-state index in [2.05, 4.69) is 5.32 Å². The molecule has 0 aliphatic heterocycles. The van der Waals surface area contributed by atoms with Gasteiger partial charge in [0.1, 0.15) is 11.4 Å². The quantitative estimate of drug-likeness (QED) is 0.783. The minimum atomic E-state index is -0.446. The highest BCUT2D eigenvalue weighted by atomic mass is 16.6. The molecule has 0 bridgehead atoms. The maximum absolute atomic E-state index is 11.4. The lowest BCUT2D eigenvalue weighted by atomic mass is 9.53. The Morgan fingerprint density at radius 1 is 1.28 bits per heavy atom. The lowest BCUT2D eigenvalue weighted by molar-refractivity contribution is -0.139. The van der Waals surface area contributed by atoms with Gasteiger partial charge in [-0.2, -0.15) is 0 Å². The predicted octanol–water partition coefficient (Wildman–Crippen LogP) is 3.05. The van der Waals surface area contributed by atoms with Crippen molar-refractivity contribution in [2.24, 2.45) is 5.41 Å². The zero-order valence-corrected chi connectivity index (χ0v) is 12.1. The Kier molecular flexibility index (Phi) is 4.41. The second-order valence-corrected chi connectivity index (χ2v) is 6.14. The fraction of sp³-hybridized carbons (Fsp3) is 0.857. The molecule has 104 valence electrons. The van der Waals surface area contributed by atoms with Crippen molar-refractivity contribution < 1.29 is 14.3 Å². The molecule has 0 saturated heterocycles. The second kappa shape index (κ2) is 5.29. The average molecular weight is 255 g/mol. The maximum atomic E-state index is 11.4. The largest absolute Gasteiger partial charge is 0.444 e. The van der Waals surface area contributed by atoms with Crippen LogP contribution in [0.2, 0.25) is 0 Å². The van der Waals surface area contributed by atoms with Crippen molar-refractivity contribution >= 4 is 11.9 Å². The summed E-state index contributed by atoms with van der Waals surface area (Å²) in [7, 11) is 0. The van der Waals surface area contributed by atoms with Gasteiger partial charge in [0.25, 0.3) is 0 Å². The lowest BCUT2D eigenvalue weighted by Crippen LogP contribution is -2.56. The van der Waals surface area contributed by atoms with Crippen LogP contribution in [0.5, 0.6) is 0 Å². The minimum Gasteiger partial charge on any atom is -0.444 e. The summed E-state index contributed by atoms with van der Waals surface area (Å²) < 4.78 is 5.17. The molecule has 2 saturated carbocycles. The Labute approximate surface area is 109 Å². The normalized spacial score (nSPS) is 21.3. The SMILES string of the molecule is CC.CC(C)(C)OC(=O)NC1CC2(CC(=O)C2)C1. The molecule has 0 radical (unpaired) electrons. The number of amides is 1. The monoisotopic (exact) mass is 255 g/mol. The van der Waals surface area contributed by atoms with Crippen molar-refractivity contribution in [2.45, 2.75) is 71.9 Å². The van der Waals surface area contributed by atoms with E-state index in [0.717, 1.165) is 12.8 Å². The summed E-state index contributed by atoms with van der Waals surface area (Å²) in [6.45, 7) is 9.54. The van der Waals surface area contributed by atoms with Crippen LogP contribution in [0.25, 0.3) is 0 Å². The number of rotatable bonds is 1. The molecule has 2 aliphatic rings. The molecule has 4 heteroatoms. The van der Waals surface area contributed by atoms with E-state index in [9.17, 15) is 9.59 Å². The van der Waals surface area contributed by atoms with Crippen LogP contribution in [-0.4, -0.2) is 23.5 Å². The number of ketones is 1. The van der Waals surface area contributed by atoms with Crippen LogP contribution in [-0.2, 0) is 9.53 Å². The second-order valence-electron chi connectivity index (χ2n) is 6.14. The van der Waals surface area contributed by atoms with Crippen LogP contribution in [0.1, 0.15) is 60.3 Å². The van der Waals surface area contributed by atoms with E-state index < -0.39 is 5.60 Å². The summed E-state index contributed by atoms with van der Waals surface area (Å²) in [4.78, 5) is 22.4. The topological polar surface area (TPSA) is 55.4 Å². The summed E-state index contributed by atoms with van der Waals surface area (Å²) in [5, 5.41) is 2.84. The summed E-state index contributed by atoms with van der Waals surface area (Å²) >= 11 is 0. The van der Waals surface area contributed by atoms with Gasteiger partial charge in [0.2, 0.25) is 0 Å². The number of nitrogens with one attached hydrogen (secondary N) is 1. The van der Waals surface area contributed by atoms with Crippen molar-refractivity contribution in [3.8, 4) is 0 Å². The first-order valence-corrected chi connectivity index (χ1v) is 6.79. The Morgan fingerprint density at radius 2 is 1.78 bits per heavy atom. The number of ether oxygens (including phenoxy) is 1. The van der Waals surface area contributed by atoms with Gasteiger partial charge in [-0.05, 0) is 39.0 Å². The summed E-state index contributed by atoms with van der Waals surface area (Å²) in [5.41, 5.74) is -0.214. The summed E-state index contributed by atoms with van der Waals surface area (Å²) in [6, 6.07) is 0.197. The highest BCUT2D eigenvalue weighted by Gasteiger charge is 2.53. The van der Waals surface area contributed by atoms with Crippen LogP contribution in [0.15, 0.2) is 0 Å². The fourth-order valence-corrected chi connectivity index (χ4v) is 2.64. The highest BCUT2D eigenvalue weighted by molar-refractivity contribution is 5.86. The minimum absolute atomic E-state index is 0.197. The number of hydrogen-bond acceptors (Lipinski definition) is 3. The van der Waals surface area contributed by atoms with Gasteiger partial charge >= 0.3 is 6.09 Å². The third-order valence-corrected chi connectivity index (χ3v) is 3.22. The molecular weight excluding hydrogens is 230 g/mol. The standard InChI is InChI=1S/C12H19NO3.C2H6/c1-11(2,3)16-10(15)13-8-4-12(5-8)6-9(14)7-12;1-2/h8H,4-7H2,1-3H3,(H,13,15);1-2H3. The molecule has 18 heavy (non-hydrogen) atoms. The predicted molar refractivity (Wildman–Crippen MR) is 70.4 cm³/mol. The van der Waals surface area contributed by atoms with Gasteiger partial charge in [-0.25, -0.2) is 4.79 Å². The first-order valence-electron chi connectivity index (χ1n) is 6.79. The lowest BCUT2D eigenvalue weighted by Gasteiger charge is -2.52. The third kappa shape index (κ3) is 3.72. The third-order valence-electron chi connectivity index (χ3n) is 3.22. The van der Waals surface area contributed by atoms with E-state index in [4.69, 9.17) is 4.74 Å². The van der Waals surface area contributed by atoms with E-state index >= 15 is 0 Å². The smallest absolute Gasteiger partial charge is 0.407 e. The molecule has 1 N–H and O–H groups in total. The molecule has 0 aromatic rings. The zero-order valence-electron chi connectivity index (χ0n) is 12.1. The maximum Gasteiger partial charge on any atom is 0.407 e. The molecule has 2 fully saturated rings. The van der Waals surface area contributed by atoms with Crippen LogP contribution in [0, 0.1) is 5.41 Å². The van der Waals surface area contributed by atoms with Gasteiger partial charge in [0, 0.05) is 18.9 Å². The molecule has 4 nitrogen and oxygen atoms in total. The highest BCUT2D eigenvalue weighted by Crippen LogP contribution is 2.53. The first kappa shape index (κ1) is 15.0. The molecule has 2 rings (SSSR count). The van der Waals surface area contributed by atoms with Crippen molar-refractivity contribution in [1.82, 2.24) is 5.32 Å². The molecule has 2 aliphatic carbocycles. The van der Waals surface area contributed by atoms with E-state index in [0.29, 0.717) is 18.6 Å². The molecule has 1 amide bonds. The van der Waals surface area contributed by atoms with Gasteiger partial charge in [0.15, 0.2) is 0 Å². The Morgan fingerprint density at radius 3 is 2.17 bits per heavy atom. The van der Waals surface area contributed by atoms with Crippen molar-refractivity contribution in [1.29, 1.82) is 0 Å². The molecule has 0 aromatic heterocycles. The van der Waals surface area contributed by atoms with Crippen molar-refractivity contribution in [3.05, 3.63) is 0 Å². The Bertz CT molecular complexity index is 314. The van der Waals surface area contributed by atoms with Gasteiger partial charge < -0.3 is 10.1 Å². The van der Waals surface area contributed by atoms with Gasteiger partial charge in [-0.15, -0.1) is 0 Å². The van der Waals surface area contributed by atoms with Crippen molar-refractivity contribution in [2.75, 3.05) is 0 Å². The van der Waals surface area contributed by atoms with Crippen molar-refractivity contribution in [3.63, 3.8) is 0 Å². The van der Waals surface area contributed by atoms with Gasteiger partial charge in [-0.1, -0.05) is 13.8 Å². The van der Waals surface area contributed by atoms with Gasteiger partial charge in [0.05, 0.1) is 0 Å². The average Bonchev–Trinajstić information content (AvgIpc) is 2.12. The fourth-order valence-electron chi connectivity index (χ4n) is 2.64. The molecule has 0 unspecified atom stereocenters. The summed E-state index contributed by atoms with van der Waals surface area (Å²) in [5.74, 6) is 0.357. The van der Waals surface area contributed by atoms with Gasteiger partial charge in [-0.3, -0.25) is 4.79 Å². The van der Waals surface area contributed by atoms with Crippen LogP contribution < -0.4 is 5.32 Å². The Balaban J connectivity index is 0.000000771. The zero-order chi connectivity index (χ0) is 14.0. The number of hydrogen-bond donors (Lipinski definition) is 1. The van der Waals surface area contributed by atoms with E-state index in [1.54, 1.807) is 0 Å². The number of carbonyl (C=O) groups excluding carboxylic acids is 2. The number of carbonyl (C=O) groups is 2. The van der Waals surface area contributed by atoms with Crippen LogP contribution >= 0.6 is 0 Å². The van der Waals surface area contributed by atoms with E-state index in [1.807, 2.05) is 34.6 Å².